The third kappa shape index (κ3) is 2.73. The van der Waals surface area contributed by atoms with Crippen molar-refractivity contribution < 1.29 is 18.7 Å². The summed E-state index contributed by atoms with van der Waals surface area (Å²) in [6.07, 6.45) is 3.09. The van der Waals surface area contributed by atoms with Gasteiger partial charge in [-0.15, -0.1) is 0 Å². The first-order valence-electron chi connectivity index (χ1n) is 8.49. The summed E-state index contributed by atoms with van der Waals surface area (Å²) < 4.78 is 10.3. The fourth-order valence-electron chi connectivity index (χ4n) is 3.39. The number of furan rings is 1. The van der Waals surface area contributed by atoms with E-state index >= 15 is 0 Å². The summed E-state index contributed by atoms with van der Waals surface area (Å²) in [7, 11) is 1.30. The highest BCUT2D eigenvalue weighted by atomic mass is 16.5. The Morgan fingerprint density at radius 1 is 1.07 bits per heavy atom. The Balaban J connectivity index is 1.93. The first-order valence-corrected chi connectivity index (χ1v) is 8.49. The molecule has 2 heterocycles. The van der Waals surface area contributed by atoms with Crippen molar-refractivity contribution in [3.8, 4) is 0 Å². The Bertz CT molecular complexity index is 1100. The minimum Gasteiger partial charge on any atom is -0.465 e. The number of fused-ring (bicyclic) bond motifs is 1. The van der Waals surface area contributed by atoms with Gasteiger partial charge in [-0.2, -0.15) is 0 Å². The van der Waals surface area contributed by atoms with Gasteiger partial charge in [0.2, 0.25) is 0 Å². The summed E-state index contributed by atoms with van der Waals surface area (Å²) in [5, 5.41) is 1.94. The fraction of sp³-hybridized carbons (Fsp3) is 0.0909. The molecule has 0 saturated carbocycles. The van der Waals surface area contributed by atoms with Crippen LogP contribution in [0.4, 0.5) is 5.69 Å². The summed E-state index contributed by atoms with van der Waals surface area (Å²) in [4.78, 5) is 27.3. The van der Waals surface area contributed by atoms with Crippen molar-refractivity contribution in [3.63, 3.8) is 0 Å². The van der Waals surface area contributed by atoms with E-state index < -0.39 is 5.97 Å². The topological polar surface area (TPSA) is 59.8 Å². The van der Waals surface area contributed by atoms with Crippen LogP contribution in [0, 0.1) is 0 Å². The third-order valence-corrected chi connectivity index (χ3v) is 4.63. The highest BCUT2D eigenvalue weighted by molar-refractivity contribution is 6.25. The van der Waals surface area contributed by atoms with Crippen LogP contribution < -0.4 is 4.90 Å². The Hall–Kier alpha value is -3.60. The average molecular weight is 359 g/mol. The Morgan fingerprint density at radius 2 is 1.85 bits per heavy atom. The fourth-order valence-corrected chi connectivity index (χ4v) is 3.39. The van der Waals surface area contributed by atoms with E-state index in [0.717, 1.165) is 16.5 Å². The van der Waals surface area contributed by atoms with Gasteiger partial charge in [0.1, 0.15) is 5.76 Å². The number of allylic oxidation sites excluding steroid dienone is 1. The van der Waals surface area contributed by atoms with Crippen molar-refractivity contribution in [3.05, 3.63) is 83.5 Å². The van der Waals surface area contributed by atoms with Crippen molar-refractivity contribution >= 4 is 34.4 Å². The molecule has 0 radical (unpaired) electrons. The Morgan fingerprint density at radius 3 is 2.59 bits per heavy atom. The van der Waals surface area contributed by atoms with Crippen LogP contribution in [0.15, 0.2) is 82.1 Å². The minimum atomic E-state index is -0.554. The second-order valence-electron chi connectivity index (χ2n) is 6.16. The molecule has 5 nitrogen and oxygen atoms in total. The molecular weight excluding hydrogens is 342 g/mol. The Kier molecular flexibility index (Phi) is 4.12. The van der Waals surface area contributed by atoms with Gasteiger partial charge in [-0.3, -0.25) is 9.69 Å². The molecule has 1 amide bonds. The SMILES string of the molecule is COC(=O)C1=C(C)N(c2cccc3ccccc23)C(=O)/C1=C\c1ccco1. The summed E-state index contributed by atoms with van der Waals surface area (Å²) in [6, 6.07) is 17.0. The molecule has 0 saturated heterocycles. The molecule has 0 atom stereocenters. The maximum Gasteiger partial charge on any atom is 0.340 e. The number of benzene rings is 2. The highest BCUT2D eigenvalue weighted by Crippen LogP contribution is 2.38. The molecular formula is C22H17NO4. The lowest BCUT2D eigenvalue weighted by Crippen LogP contribution is -2.24. The quantitative estimate of drug-likeness (QED) is 0.516. The van der Waals surface area contributed by atoms with Crippen LogP contribution in [0.1, 0.15) is 12.7 Å². The molecule has 0 N–H and O–H groups in total. The molecule has 0 aliphatic carbocycles. The number of methoxy groups -OCH3 is 1. The molecule has 1 aromatic heterocycles. The predicted octanol–water partition coefficient (Wildman–Crippen LogP) is 4.31. The van der Waals surface area contributed by atoms with Gasteiger partial charge in [0, 0.05) is 11.1 Å². The molecule has 134 valence electrons. The van der Waals surface area contributed by atoms with E-state index in [1.54, 1.807) is 30.0 Å². The van der Waals surface area contributed by atoms with Crippen LogP contribution in [-0.4, -0.2) is 19.0 Å². The normalized spacial score (nSPS) is 15.9. The predicted molar refractivity (Wildman–Crippen MR) is 103 cm³/mol. The van der Waals surface area contributed by atoms with Gasteiger partial charge < -0.3 is 9.15 Å². The number of anilines is 1. The largest absolute Gasteiger partial charge is 0.465 e. The molecule has 5 heteroatoms. The van der Waals surface area contributed by atoms with E-state index in [-0.39, 0.29) is 17.1 Å². The van der Waals surface area contributed by atoms with Crippen LogP contribution in [0.3, 0.4) is 0 Å². The second-order valence-corrected chi connectivity index (χ2v) is 6.16. The summed E-state index contributed by atoms with van der Waals surface area (Å²) in [5.41, 5.74) is 1.75. The van der Waals surface area contributed by atoms with E-state index in [9.17, 15) is 9.59 Å². The van der Waals surface area contributed by atoms with Gasteiger partial charge in [-0.1, -0.05) is 36.4 Å². The molecule has 0 unspecified atom stereocenters. The van der Waals surface area contributed by atoms with Gasteiger partial charge in [-0.25, -0.2) is 4.79 Å². The van der Waals surface area contributed by atoms with Gasteiger partial charge in [-0.05, 0) is 36.6 Å². The first kappa shape index (κ1) is 16.8. The number of esters is 1. The number of rotatable bonds is 3. The second kappa shape index (κ2) is 6.61. The van der Waals surface area contributed by atoms with Crippen molar-refractivity contribution in [1.29, 1.82) is 0 Å². The van der Waals surface area contributed by atoms with Crippen molar-refractivity contribution in [1.82, 2.24) is 0 Å². The summed E-state index contributed by atoms with van der Waals surface area (Å²) in [5.74, 6) is -0.352. The molecule has 4 rings (SSSR count). The lowest BCUT2D eigenvalue weighted by Gasteiger charge is -2.20. The number of carbonyl (C=O) groups excluding carboxylic acids is 2. The van der Waals surface area contributed by atoms with E-state index in [1.165, 1.54) is 13.4 Å². The number of amides is 1. The summed E-state index contributed by atoms with van der Waals surface area (Å²) >= 11 is 0. The molecule has 3 aromatic rings. The zero-order chi connectivity index (χ0) is 19.0. The third-order valence-electron chi connectivity index (χ3n) is 4.63. The maximum absolute atomic E-state index is 13.3. The van der Waals surface area contributed by atoms with E-state index in [4.69, 9.17) is 9.15 Å². The first-order chi connectivity index (χ1) is 13.1. The Labute approximate surface area is 156 Å². The monoisotopic (exact) mass is 359 g/mol. The van der Waals surface area contributed by atoms with Gasteiger partial charge >= 0.3 is 5.97 Å². The zero-order valence-electron chi connectivity index (χ0n) is 14.9. The summed E-state index contributed by atoms with van der Waals surface area (Å²) in [6.45, 7) is 1.74. The van der Waals surface area contributed by atoms with Crippen molar-refractivity contribution in [2.45, 2.75) is 6.92 Å². The van der Waals surface area contributed by atoms with E-state index in [0.29, 0.717) is 11.5 Å². The molecule has 1 aliphatic heterocycles. The van der Waals surface area contributed by atoms with Crippen LogP contribution in [-0.2, 0) is 14.3 Å². The average Bonchev–Trinajstić information content (AvgIpc) is 3.28. The minimum absolute atomic E-state index is 0.242. The lowest BCUT2D eigenvalue weighted by atomic mass is 10.1. The molecule has 0 bridgehead atoms. The van der Waals surface area contributed by atoms with Crippen LogP contribution in [0.2, 0.25) is 0 Å². The van der Waals surface area contributed by atoms with Crippen LogP contribution in [0.5, 0.6) is 0 Å². The van der Waals surface area contributed by atoms with Crippen LogP contribution >= 0.6 is 0 Å². The zero-order valence-corrected chi connectivity index (χ0v) is 14.9. The van der Waals surface area contributed by atoms with Gasteiger partial charge in [0.25, 0.3) is 5.91 Å². The molecule has 0 spiro atoms. The number of carbonyl (C=O) groups is 2. The highest BCUT2D eigenvalue weighted by Gasteiger charge is 2.38. The molecule has 0 fully saturated rings. The standard InChI is InChI=1S/C22H17NO4/c1-14-20(22(25)26-2)18(13-16-9-6-12-27-16)21(24)23(14)19-11-5-8-15-7-3-4-10-17(15)19/h3-13H,1-2H3/b18-13-. The maximum atomic E-state index is 13.3. The smallest absolute Gasteiger partial charge is 0.340 e. The molecule has 2 aromatic carbocycles. The number of hydrogen-bond donors (Lipinski definition) is 0. The number of ether oxygens (including phenoxy) is 1. The molecule has 1 aliphatic rings. The number of nitrogens with zero attached hydrogens (tertiary/aromatic N) is 1. The van der Waals surface area contributed by atoms with Gasteiger partial charge in [0.05, 0.1) is 30.2 Å². The van der Waals surface area contributed by atoms with Crippen molar-refractivity contribution in [2.24, 2.45) is 0 Å². The lowest BCUT2D eigenvalue weighted by molar-refractivity contribution is -0.136. The molecule has 27 heavy (non-hydrogen) atoms. The van der Waals surface area contributed by atoms with E-state index in [1.807, 2.05) is 42.5 Å². The van der Waals surface area contributed by atoms with Crippen LogP contribution in [0.25, 0.3) is 16.8 Å². The van der Waals surface area contributed by atoms with Crippen molar-refractivity contribution in [2.75, 3.05) is 12.0 Å². The van der Waals surface area contributed by atoms with E-state index in [2.05, 4.69) is 0 Å². The number of hydrogen-bond acceptors (Lipinski definition) is 4. The van der Waals surface area contributed by atoms with Gasteiger partial charge in [0.15, 0.2) is 0 Å².